The number of nitrogens with one attached hydrogen (secondary N) is 1. The van der Waals surface area contributed by atoms with Gasteiger partial charge in [-0.15, -0.1) is 5.10 Å². The van der Waals surface area contributed by atoms with Crippen LogP contribution in [0.5, 0.6) is 0 Å². The van der Waals surface area contributed by atoms with Gasteiger partial charge in [0.15, 0.2) is 11.6 Å². The number of nitrogens with zero attached hydrogens (tertiary/aromatic N) is 5. The van der Waals surface area contributed by atoms with Crippen molar-refractivity contribution in [1.29, 1.82) is 0 Å². The van der Waals surface area contributed by atoms with E-state index in [2.05, 4.69) is 15.4 Å². The summed E-state index contributed by atoms with van der Waals surface area (Å²) >= 11 is 0. The summed E-state index contributed by atoms with van der Waals surface area (Å²) in [5, 5.41) is 7.91. The highest BCUT2D eigenvalue weighted by atomic mass is 16.1. The quantitative estimate of drug-likeness (QED) is 0.678. The third kappa shape index (κ3) is 3.37. The molecule has 0 aliphatic heterocycles. The molecule has 0 radical (unpaired) electrons. The minimum atomic E-state index is -0.0926. The fourth-order valence-corrected chi connectivity index (χ4v) is 2.84. The van der Waals surface area contributed by atoms with E-state index in [0.717, 1.165) is 12.1 Å². The van der Waals surface area contributed by atoms with Crippen LogP contribution in [-0.2, 0) is 11.3 Å². The lowest BCUT2D eigenvalue weighted by molar-refractivity contribution is -0.111. The van der Waals surface area contributed by atoms with E-state index in [9.17, 15) is 4.79 Å². The maximum Gasteiger partial charge on any atom is 0.183 e. The van der Waals surface area contributed by atoms with Gasteiger partial charge in [0.2, 0.25) is 0 Å². The first-order valence-corrected chi connectivity index (χ1v) is 8.57. The highest BCUT2D eigenvalue weighted by Gasteiger charge is 2.17. The number of carbonyl (C=O) groups is 1. The molecule has 3 aromatic heterocycles. The van der Waals surface area contributed by atoms with Crippen LogP contribution in [0.2, 0.25) is 0 Å². The molecule has 3 heterocycles. The Balaban J connectivity index is 1.69. The van der Waals surface area contributed by atoms with Crippen molar-refractivity contribution in [2.24, 2.45) is 10.7 Å². The van der Waals surface area contributed by atoms with E-state index >= 15 is 0 Å². The van der Waals surface area contributed by atoms with Crippen molar-refractivity contribution in [3.63, 3.8) is 0 Å². The number of hydrogen-bond donors (Lipinski definition) is 2. The van der Waals surface area contributed by atoms with Crippen LogP contribution < -0.4 is 11.1 Å². The first-order valence-electron chi connectivity index (χ1n) is 8.57. The summed E-state index contributed by atoms with van der Waals surface area (Å²) in [6, 6.07) is 5.78. The van der Waals surface area contributed by atoms with Gasteiger partial charge in [-0.1, -0.05) is 6.07 Å². The van der Waals surface area contributed by atoms with Crippen LogP contribution in [0.15, 0.2) is 71.5 Å². The second-order valence-corrected chi connectivity index (χ2v) is 6.24. The Morgan fingerprint density at radius 1 is 1.26 bits per heavy atom. The third-order valence-electron chi connectivity index (χ3n) is 4.29. The normalized spacial score (nSPS) is 15.9. The largest absolute Gasteiger partial charge is 0.397 e. The number of aliphatic imine (C=N–C) groups is 1. The van der Waals surface area contributed by atoms with Gasteiger partial charge in [-0.05, 0) is 30.7 Å². The van der Waals surface area contributed by atoms with Crippen molar-refractivity contribution in [3.05, 3.63) is 66.5 Å². The maximum atomic E-state index is 11.8. The minimum Gasteiger partial charge on any atom is -0.397 e. The lowest BCUT2D eigenvalue weighted by atomic mass is 10.0. The molecule has 27 heavy (non-hydrogen) atoms. The molecule has 0 unspecified atom stereocenters. The molecule has 0 bridgehead atoms. The molecular weight excluding hydrogens is 342 g/mol. The summed E-state index contributed by atoms with van der Waals surface area (Å²) in [7, 11) is 0. The van der Waals surface area contributed by atoms with E-state index in [1.54, 1.807) is 30.0 Å². The number of ketones is 1. The predicted octanol–water partition coefficient (Wildman–Crippen LogP) is 2.09. The molecule has 0 spiro atoms. The van der Waals surface area contributed by atoms with Crippen LogP contribution >= 0.6 is 0 Å². The highest BCUT2D eigenvalue weighted by molar-refractivity contribution is 6.22. The topological polar surface area (TPSA) is 103 Å². The van der Waals surface area contributed by atoms with Gasteiger partial charge in [-0.25, -0.2) is 14.5 Å². The Kier molecular flexibility index (Phi) is 4.29. The molecule has 0 amide bonds. The summed E-state index contributed by atoms with van der Waals surface area (Å²) in [6.07, 6.45) is 10.4. The second-order valence-electron chi connectivity index (χ2n) is 6.24. The molecule has 0 saturated carbocycles. The van der Waals surface area contributed by atoms with Crippen LogP contribution in [0, 0.1) is 0 Å². The Morgan fingerprint density at radius 2 is 2.15 bits per heavy atom. The molecule has 0 atom stereocenters. The average molecular weight is 361 g/mol. The van der Waals surface area contributed by atoms with Gasteiger partial charge in [0.25, 0.3) is 0 Å². The van der Waals surface area contributed by atoms with Crippen LogP contribution in [0.25, 0.3) is 5.52 Å². The van der Waals surface area contributed by atoms with Gasteiger partial charge < -0.3 is 15.6 Å². The molecule has 8 heteroatoms. The lowest BCUT2D eigenvalue weighted by Crippen LogP contribution is -2.17. The Bertz CT molecular complexity index is 1090. The number of imidazole rings is 1. The zero-order valence-corrected chi connectivity index (χ0v) is 14.8. The fourth-order valence-electron chi connectivity index (χ4n) is 2.84. The van der Waals surface area contributed by atoms with Crippen LogP contribution in [0.1, 0.15) is 6.92 Å². The number of carbonyl (C=O) groups excluding carboxylic acids is 1. The Morgan fingerprint density at radius 3 is 2.96 bits per heavy atom. The molecule has 1 aliphatic carbocycles. The molecule has 0 aromatic carbocycles. The van der Waals surface area contributed by atoms with E-state index in [0.29, 0.717) is 35.0 Å². The number of fused-ring (bicyclic) bond motifs is 1. The smallest absolute Gasteiger partial charge is 0.183 e. The van der Waals surface area contributed by atoms with Gasteiger partial charge in [-0.3, -0.25) is 4.79 Å². The number of nitrogens with two attached hydrogens (primary N) is 1. The van der Waals surface area contributed by atoms with Crippen molar-refractivity contribution in [3.8, 4) is 0 Å². The fraction of sp³-hybridized carbons (Fsp3) is 0.158. The van der Waals surface area contributed by atoms with E-state index in [1.165, 1.54) is 6.08 Å². The number of rotatable bonds is 5. The van der Waals surface area contributed by atoms with E-state index < -0.39 is 0 Å². The molecule has 4 rings (SSSR count). The number of allylic oxidation sites excluding steroid dienone is 3. The van der Waals surface area contributed by atoms with E-state index in [4.69, 9.17) is 10.7 Å². The first-order chi connectivity index (χ1) is 13.1. The Hall–Kier alpha value is -3.68. The zero-order valence-electron chi connectivity index (χ0n) is 14.8. The molecule has 3 N–H and O–H groups in total. The third-order valence-corrected chi connectivity index (χ3v) is 4.29. The predicted molar refractivity (Wildman–Crippen MR) is 104 cm³/mol. The first kappa shape index (κ1) is 16.8. The summed E-state index contributed by atoms with van der Waals surface area (Å²) in [4.78, 5) is 20.5. The number of anilines is 1. The number of aromatic nitrogens is 4. The van der Waals surface area contributed by atoms with Crippen molar-refractivity contribution in [1.82, 2.24) is 19.2 Å². The zero-order chi connectivity index (χ0) is 18.8. The maximum absolute atomic E-state index is 11.8. The van der Waals surface area contributed by atoms with Crippen LogP contribution in [-0.4, -0.2) is 37.2 Å². The van der Waals surface area contributed by atoms with Crippen molar-refractivity contribution >= 4 is 28.5 Å². The second kappa shape index (κ2) is 6.91. The monoisotopic (exact) mass is 361 g/mol. The Labute approximate surface area is 155 Å². The van der Waals surface area contributed by atoms with Crippen LogP contribution in [0.4, 0.5) is 11.5 Å². The van der Waals surface area contributed by atoms with E-state index in [-0.39, 0.29) is 5.78 Å². The summed E-state index contributed by atoms with van der Waals surface area (Å²) in [6.45, 7) is 3.16. The number of hydrogen-bond acceptors (Lipinski definition) is 6. The average Bonchev–Trinajstić information content (AvgIpc) is 3.28. The van der Waals surface area contributed by atoms with Gasteiger partial charge in [0.05, 0.1) is 23.3 Å². The van der Waals surface area contributed by atoms with Crippen molar-refractivity contribution in [2.45, 2.75) is 13.5 Å². The molecule has 0 fully saturated rings. The molecule has 0 saturated heterocycles. The number of pyridine rings is 1. The van der Waals surface area contributed by atoms with E-state index in [1.807, 2.05) is 35.2 Å². The summed E-state index contributed by atoms with van der Waals surface area (Å²) < 4.78 is 3.75. The summed E-state index contributed by atoms with van der Waals surface area (Å²) in [5.41, 5.74) is 9.07. The van der Waals surface area contributed by atoms with Gasteiger partial charge in [0, 0.05) is 37.8 Å². The molecule has 136 valence electrons. The van der Waals surface area contributed by atoms with Crippen molar-refractivity contribution in [2.75, 3.05) is 11.9 Å². The van der Waals surface area contributed by atoms with Gasteiger partial charge in [-0.2, -0.15) is 0 Å². The van der Waals surface area contributed by atoms with Crippen molar-refractivity contribution < 1.29 is 4.79 Å². The summed E-state index contributed by atoms with van der Waals surface area (Å²) in [5.74, 6) is 0.564. The highest BCUT2D eigenvalue weighted by Crippen LogP contribution is 2.30. The SMILES string of the molecule is CC1=CC(=Nc2c(NCCn3ccnc3)nn3ccccc23)C(N)=CC1=O. The van der Waals surface area contributed by atoms with Crippen LogP contribution in [0.3, 0.4) is 0 Å². The van der Waals surface area contributed by atoms with Gasteiger partial charge >= 0.3 is 0 Å². The molecule has 3 aromatic rings. The molecule has 8 nitrogen and oxygen atoms in total. The lowest BCUT2D eigenvalue weighted by Gasteiger charge is -2.10. The standard InChI is InChI=1S/C19H19N7O/c1-13-10-15(14(20)11-17(13)27)23-18-16-4-2-3-7-26(16)24-19(18)22-6-9-25-8-5-21-12-25/h2-5,7-8,10-12H,6,9,20H2,1H3,(H,22,24). The molecule has 1 aliphatic rings. The minimum absolute atomic E-state index is 0.0926. The molecular formula is C19H19N7O. The van der Waals surface area contributed by atoms with Gasteiger partial charge in [0.1, 0.15) is 5.69 Å².